The van der Waals surface area contributed by atoms with Crippen molar-refractivity contribution >= 4 is 17.0 Å². The Hall–Kier alpha value is -3.25. The van der Waals surface area contributed by atoms with Gasteiger partial charge in [0.25, 0.3) is 0 Å². The van der Waals surface area contributed by atoms with Gasteiger partial charge in [0.15, 0.2) is 0 Å². The fourth-order valence-electron chi connectivity index (χ4n) is 3.45. The quantitative estimate of drug-likeness (QED) is 0.499. The number of rotatable bonds is 2. The molecule has 132 valence electrons. The summed E-state index contributed by atoms with van der Waals surface area (Å²) >= 11 is 0. The summed E-state index contributed by atoms with van der Waals surface area (Å²) in [6, 6.07) is 10.4. The van der Waals surface area contributed by atoms with E-state index < -0.39 is 0 Å². The van der Waals surface area contributed by atoms with E-state index in [1.54, 1.807) is 12.5 Å². The molecule has 0 fully saturated rings. The van der Waals surface area contributed by atoms with Crippen molar-refractivity contribution in [1.82, 2.24) is 26.1 Å². The Kier molecular flexibility index (Phi) is 4.44. The molecule has 0 saturated carbocycles. The number of aromatic nitrogens is 4. The lowest BCUT2D eigenvalue weighted by atomic mass is 9.93. The van der Waals surface area contributed by atoms with Crippen molar-refractivity contribution in [3.63, 3.8) is 0 Å². The molecule has 26 heavy (non-hydrogen) atoms. The predicted octanol–water partition coefficient (Wildman–Crippen LogP) is 4.36. The number of nitrogens with zero attached hydrogens (tertiary/aromatic N) is 3. The molecule has 4 rings (SSSR count). The Balaban J connectivity index is 0.00000196. The summed E-state index contributed by atoms with van der Waals surface area (Å²) < 4.78 is 0. The second-order valence-electron chi connectivity index (χ2n) is 6.40. The van der Waals surface area contributed by atoms with Crippen molar-refractivity contribution in [2.24, 2.45) is 0 Å². The minimum absolute atomic E-state index is 0. The van der Waals surface area contributed by atoms with Gasteiger partial charge in [0.2, 0.25) is 5.95 Å². The average Bonchev–Trinajstić information content (AvgIpc) is 3.01. The second kappa shape index (κ2) is 6.57. The van der Waals surface area contributed by atoms with Crippen LogP contribution < -0.4 is 11.9 Å². The highest BCUT2D eigenvalue weighted by atomic mass is 15.0. The molecule has 0 amide bonds. The SMILES string of the molecule is Cc1cc(C)c(-c2nc(N)ncc2-c2ccc3nc[nH]c3c2)c(C)c1.N. The monoisotopic (exact) mass is 346 g/mol. The highest BCUT2D eigenvalue weighted by molar-refractivity contribution is 5.88. The molecule has 0 bridgehead atoms. The molecule has 6 heteroatoms. The molecule has 0 saturated heterocycles. The lowest BCUT2D eigenvalue weighted by Gasteiger charge is -2.15. The van der Waals surface area contributed by atoms with Crippen molar-refractivity contribution in [2.75, 3.05) is 5.73 Å². The van der Waals surface area contributed by atoms with E-state index in [0.29, 0.717) is 0 Å². The van der Waals surface area contributed by atoms with E-state index in [9.17, 15) is 0 Å². The van der Waals surface area contributed by atoms with Crippen LogP contribution in [0.25, 0.3) is 33.4 Å². The normalized spacial score (nSPS) is 10.7. The first-order valence-corrected chi connectivity index (χ1v) is 8.17. The van der Waals surface area contributed by atoms with E-state index >= 15 is 0 Å². The van der Waals surface area contributed by atoms with Crippen LogP contribution in [0.3, 0.4) is 0 Å². The predicted molar refractivity (Wildman–Crippen MR) is 106 cm³/mol. The number of imidazole rings is 1. The van der Waals surface area contributed by atoms with Crippen molar-refractivity contribution in [3.8, 4) is 22.4 Å². The van der Waals surface area contributed by atoms with Gasteiger partial charge in [-0.15, -0.1) is 0 Å². The Labute approximate surface area is 152 Å². The van der Waals surface area contributed by atoms with Crippen molar-refractivity contribution in [3.05, 3.63) is 59.5 Å². The van der Waals surface area contributed by atoms with Crippen molar-refractivity contribution in [2.45, 2.75) is 20.8 Å². The van der Waals surface area contributed by atoms with Crippen molar-refractivity contribution in [1.29, 1.82) is 0 Å². The van der Waals surface area contributed by atoms with E-state index in [1.807, 2.05) is 12.1 Å². The summed E-state index contributed by atoms with van der Waals surface area (Å²) in [6.07, 6.45) is 3.50. The molecular formula is C20H22N6. The van der Waals surface area contributed by atoms with Crippen LogP contribution in [-0.2, 0) is 0 Å². The van der Waals surface area contributed by atoms with Gasteiger partial charge in [-0.2, -0.15) is 0 Å². The number of fused-ring (bicyclic) bond motifs is 1. The van der Waals surface area contributed by atoms with E-state index in [2.05, 4.69) is 58.9 Å². The number of nitrogens with one attached hydrogen (secondary N) is 1. The van der Waals surface area contributed by atoms with E-state index in [4.69, 9.17) is 5.73 Å². The average molecular weight is 346 g/mol. The summed E-state index contributed by atoms with van der Waals surface area (Å²) in [4.78, 5) is 16.2. The summed E-state index contributed by atoms with van der Waals surface area (Å²) in [5.41, 5.74) is 15.4. The first-order valence-electron chi connectivity index (χ1n) is 8.17. The minimum atomic E-state index is 0. The number of benzene rings is 2. The number of hydrogen-bond donors (Lipinski definition) is 3. The third-order valence-corrected chi connectivity index (χ3v) is 4.45. The molecule has 0 aliphatic heterocycles. The summed E-state index contributed by atoms with van der Waals surface area (Å²) in [5.74, 6) is 0.278. The number of aromatic amines is 1. The van der Waals surface area contributed by atoms with Crippen molar-refractivity contribution < 1.29 is 0 Å². The number of aryl methyl sites for hydroxylation is 3. The molecule has 0 radical (unpaired) electrons. The van der Waals surface area contributed by atoms with Crippen LogP contribution in [0.15, 0.2) is 42.9 Å². The molecule has 0 aliphatic rings. The van der Waals surface area contributed by atoms with E-state index in [1.165, 1.54) is 16.7 Å². The number of nitrogens with two attached hydrogens (primary N) is 1. The second-order valence-corrected chi connectivity index (χ2v) is 6.40. The molecule has 0 spiro atoms. The van der Waals surface area contributed by atoms with Gasteiger partial charge in [-0.1, -0.05) is 23.8 Å². The molecule has 6 N–H and O–H groups in total. The Morgan fingerprint density at radius 3 is 2.42 bits per heavy atom. The zero-order valence-electron chi connectivity index (χ0n) is 15.2. The molecule has 2 heterocycles. The molecule has 0 atom stereocenters. The smallest absolute Gasteiger partial charge is 0.220 e. The van der Waals surface area contributed by atoms with E-state index in [0.717, 1.165) is 33.4 Å². The fourth-order valence-corrected chi connectivity index (χ4v) is 3.45. The summed E-state index contributed by atoms with van der Waals surface area (Å²) in [7, 11) is 0. The third kappa shape index (κ3) is 2.91. The molecule has 2 aromatic heterocycles. The lowest BCUT2D eigenvalue weighted by molar-refractivity contribution is 1.18. The molecule has 0 aliphatic carbocycles. The Morgan fingerprint density at radius 1 is 0.962 bits per heavy atom. The van der Waals surface area contributed by atoms with Gasteiger partial charge in [-0.05, 0) is 49.6 Å². The molecule has 4 aromatic rings. The standard InChI is InChI=1S/C20H19N5.H3N/c1-11-6-12(2)18(13(3)7-11)19-15(9-22-20(21)25-19)14-4-5-16-17(8-14)24-10-23-16;/h4-10H,1-3H3,(H,23,24)(H2,21,22,25);1H3. The third-order valence-electron chi connectivity index (χ3n) is 4.45. The minimum Gasteiger partial charge on any atom is -0.368 e. The van der Waals surface area contributed by atoms with Crippen LogP contribution in [0.1, 0.15) is 16.7 Å². The fraction of sp³-hybridized carbons (Fsp3) is 0.150. The first kappa shape index (κ1) is 17.6. The number of H-pyrrole nitrogens is 1. The molecule has 6 nitrogen and oxygen atoms in total. The number of nitrogen functional groups attached to an aromatic ring is 1. The van der Waals surface area contributed by atoms with Crippen LogP contribution in [0, 0.1) is 20.8 Å². The zero-order valence-corrected chi connectivity index (χ0v) is 15.2. The zero-order chi connectivity index (χ0) is 17.6. The number of hydrogen-bond acceptors (Lipinski definition) is 5. The Bertz CT molecular complexity index is 1070. The largest absolute Gasteiger partial charge is 0.368 e. The van der Waals surface area contributed by atoms with Crippen LogP contribution in [0.2, 0.25) is 0 Å². The maximum atomic E-state index is 5.91. The lowest BCUT2D eigenvalue weighted by Crippen LogP contribution is -2.01. The van der Waals surface area contributed by atoms with Gasteiger partial charge in [0.1, 0.15) is 0 Å². The Morgan fingerprint density at radius 2 is 1.69 bits per heavy atom. The van der Waals surface area contributed by atoms with Gasteiger partial charge in [0, 0.05) is 17.3 Å². The topological polar surface area (TPSA) is 115 Å². The first-order chi connectivity index (χ1) is 12.0. The number of anilines is 1. The van der Waals surface area contributed by atoms with Gasteiger partial charge in [-0.3, -0.25) is 0 Å². The maximum Gasteiger partial charge on any atom is 0.220 e. The summed E-state index contributed by atoms with van der Waals surface area (Å²) in [5, 5.41) is 0. The maximum absolute atomic E-state index is 5.91. The van der Waals surface area contributed by atoms with Crippen LogP contribution in [0.4, 0.5) is 5.95 Å². The summed E-state index contributed by atoms with van der Waals surface area (Å²) in [6.45, 7) is 6.32. The highest BCUT2D eigenvalue weighted by Gasteiger charge is 2.16. The van der Waals surface area contributed by atoms with Gasteiger partial charge < -0.3 is 16.9 Å². The van der Waals surface area contributed by atoms with Gasteiger partial charge in [0.05, 0.1) is 23.1 Å². The molecule has 2 aromatic carbocycles. The van der Waals surface area contributed by atoms with Gasteiger partial charge in [-0.25, -0.2) is 15.0 Å². The van der Waals surface area contributed by atoms with Crippen LogP contribution in [0.5, 0.6) is 0 Å². The molecular weight excluding hydrogens is 324 g/mol. The molecule has 0 unspecified atom stereocenters. The highest BCUT2D eigenvalue weighted by Crippen LogP contribution is 2.35. The van der Waals surface area contributed by atoms with Crippen LogP contribution in [-0.4, -0.2) is 19.9 Å². The van der Waals surface area contributed by atoms with Gasteiger partial charge >= 0.3 is 0 Å². The van der Waals surface area contributed by atoms with Crippen LogP contribution >= 0.6 is 0 Å². The van der Waals surface area contributed by atoms with E-state index in [-0.39, 0.29) is 12.1 Å².